The van der Waals surface area contributed by atoms with Gasteiger partial charge in [0.15, 0.2) is 0 Å². The molecule has 0 aromatic carbocycles. The smallest absolute Gasteiger partial charge is 0.129 e. The van der Waals surface area contributed by atoms with Gasteiger partial charge in [-0.15, -0.1) is 0 Å². The second-order valence-electron chi connectivity index (χ2n) is 4.62. The molecule has 1 atom stereocenters. The van der Waals surface area contributed by atoms with Gasteiger partial charge in [0.25, 0.3) is 0 Å². The number of aromatic nitrogens is 1. The van der Waals surface area contributed by atoms with Gasteiger partial charge in [0.2, 0.25) is 0 Å². The van der Waals surface area contributed by atoms with Crippen LogP contribution >= 0.6 is 11.6 Å². The van der Waals surface area contributed by atoms with E-state index in [9.17, 15) is 0 Å². The summed E-state index contributed by atoms with van der Waals surface area (Å²) < 4.78 is 0. The summed E-state index contributed by atoms with van der Waals surface area (Å²) in [6.45, 7) is 7.72. The Kier molecular flexibility index (Phi) is 5.78. The maximum absolute atomic E-state index is 5.85. The molecule has 0 spiro atoms. The summed E-state index contributed by atoms with van der Waals surface area (Å²) in [4.78, 5) is 3.98. The van der Waals surface area contributed by atoms with Crippen molar-refractivity contribution in [3.8, 4) is 0 Å². The lowest BCUT2D eigenvalue weighted by molar-refractivity contribution is 0.497. The zero-order valence-electron chi connectivity index (χ0n) is 10.3. The quantitative estimate of drug-likeness (QED) is 0.604. The van der Waals surface area contributed by atoms with Crippen molar-refractivity contribution in [3.63, 3.8) is 0 Å². The number of nitrogens with one attached hydrogen (secondary N) is 1. The highest BCUT2D eigenvalue weighted by Crippen LogP contribution is 2.15. The van der Waals surface area contributed by atoms with Gasteiger partial charge in [-0.3, -0.25) is 0 Å². The van der Waals surface area contributed by atoms with Crippen LogP contribution in [0.2, 0.25) is 5.15 Å². The lowest BCUT2D eigenvalue weighted by Crippen LogP contribution is -2.20. The molecule has 16 heavy (non-hydrogen) atoms. The standard InChI is InChI=1S/C13H21ClN2/c1-10(2)5-4-7-15-11(3)12-6-8-16-13(14)9-12/h6,8-11,15H,4-5,7H2,1-3H3. The predicted molar refractivity (Wildman–Crippen MR) is 69.7 cm³/mol. The van der Waals surface area contributed by atoms with Crippen LogP contribution in [0, 0.1) is 5.92 Å². The van der Waals surface area contributed by atoms with Crippen LogP contribution < -0.4 is 5.32 Å². The third-order valence-corrected chi connectivity index (χ3v) is 2.87. The molecule has 0 aliphatic heterocycles. The molecule has 0 fully saturated rings. The Morgan fingerprint density at radius 2 is 2.12 bits per heavy atom. The fourth-order valence-corrected chi connectivity index (χ4v) is 1.82. The van der Waals surface area contributed by atoms with Gasteiger partial charge >= 0.3 is 0 Å². The topological polar surface area (TPSA) is 24.9 Å². The molecule has 3 heteroatoms. The summed E-state index contributed by atoms with van der Waals surface area (Å²) in [5.74, 6) is 0.785. The Morgan fingerprint density at radius 1 is 1.38 bits per heavy atom. The fourth-order valence-electron chi connectivity index (χ4n) is 1.63. The second-order valence-corrected chi connectivity index (χ2v) is 5.01. The van der Waals surface area contributed by atoms with Crippen LogP contribution in [0.15, 0.2) is 18.3 Å². The average molecular weight is 241 g/mol. The molecule has 0 aliphatic rings. The maximum atomic E-state index is 5.85. The molecule has 1 aromatic heterocycles. The normalized spacial score (nSPS) is 13.1. The van der Waals surface area contributed by atoms with E-state index in [0.29, 0.717) is 11.2 Å². The molecule has 0 saturated carbocycles. The van der Waals surface area contributed by atoms with Crippen LogP contribution in [-0.2, 0) is 0 Å². The number of hydrogen-bond donors (Lipinski definition) is 1. The summed E-state index contributed by atoms with van der Waals surface area (Å²) in [5, 5.41) is 4.06. The number of hydrogen-bond acceptors (Lipinski definition) is 2. The fraction of sp³-hybridized carbons (Fsp3) is 0.615. The molecule has 1 unspecified atom stereocenters. The highest BCUT2D eigenvalue weighted by atomic mass is 35.5. The molecule has 0 bridgehead atoms. The minimum absolute atomic E-state index is 0.340. The van der Waals surface area contributed by atoms with Gasteiger partial charge in [-0.1, -0.05) is 25.4 Å². The van der Waals surface area contributed by atoms with Gasteiger partial charge in [0.1, 0.15) is 5.15 Å². The van der Waals surface area contributed by atoms with Crippen LogP contribution in [0.4, 0.5) is 0 Å². The van der Waals surface area contributed by atoms with Gasteiger partial charge in [-0.05, 0) is 49.9 Å². The highest BCUT2D eigenvalue weighted by Gasteiger charge is 2.05. The van der Waals surface area contributed by atoms with Gasteiger partial charge in [0.05, 0.1) is 0 Å². The summed E-state index contributed by atoms with van der Waals surface area (Å²) in [6.07, 6.45) is 4.25. The Bertz CT molecular complexity index is 313. The molecule has 1 heterocycles. The lowest BCUT2D eigenvalue weighted by Gasteiger charge is -2.14. The molecule has 90 valence electrons. The van der Waals surface area contributed by atoms with E-state index in [1.165, 1.54) is 18.4 Å². The van der Waals surface area contributed by atoms with Gasteiger partial charge in [0, 0.05) is 12.2 Å². The number of nitrogens with zero attached hydrogens (tertiary/aromatic N) is 1. The molecule has 2 nitrogen and oxygen atoms in total. The second kappa shape index (κ2) is 6.87. The van der Waals surface area contributed by atoms with Crippen molar-refractivity contribution in [1.82, 2.24) is 10.3 Å². The van der Waals surface area contributed by atoms with Gasteiger partial charge < -0.3 is 5.32 Å². The summed E-state index contributed by atoms with van der Waals surface area (Å²) in [5.41, 5.74) is 1.20. The molecule has 1 N–H and O–H groups in total. The molecular formula is C13H21ClN2. The Labute approximate surface area is 103 Å². The van der Waals surface area contributed by atoms with E-state index in [0.717, 1.165) is 12.5 Å². The van der Waals surface area contributed by atoms with Crippen molar-refractivity contribution in [1.29, 1.82) is 0 Å². The first-order valence-electron chi connectivity index (χ1n) is 5.94. The Balaban J connectivity index is 2.32. The first-order valence-corrected chi connectivity index (χ1v) is 6.32. The number of rotatable bonds is 6. The Morgan fingerprint density at radius 3 is 2.75 bits per heavy atom. The van der Waals surface area contributed by atoms with E-state index < -0.39 is 0 Å². The molecule has 1 aromatic rings. The molecule has 0 aliphatic carbocycles. The molecule has 0 amide bonds. The zero-order chi connectivity index (χ0) is 12.0. The molecule has 0 saturated heterocycles. The monoisotopic (exact) mass is 240 g/mol. The largest absolute Gasteiger partial charge is 0.310 e. The van der Waals surface area contributed by atoms with E-state index in [1.54, 1.807) is 6.20 Å². The van der Waals surface area contributed by atoms with Crippen LogP contribution in [0.5, 0.6) is 0 Å². The third-order valence-electron chi connectivity index (χ3n) is 2.66. The van der Waals surface area contributed by atoms with Gasteiger partial charge in [-0.25, -0.2) is 4.98 Å². The minimum atomic E-state index is 0.340. The minimum Gasteiger partial charge on any atom is -0.310 e. The molecular weight excluding hydrogens is 220 g/mol. The van der Waals surface area contributed by atoms with E-state index in [-0.39, 0.29) is 0 Å². The van der Waals surface area contributed by atoms with Crippen LogP contribution in [0.1, 0.15) is 45.2 Å². The van der Waals surface area contributed by atoms with E-state index in [1.807, 2.05) is 12.1 Å². The molecule has 1 rings (SSSR count). The third kappa shape index (κ3) is 4.95. The number of pyridine rings is 1. The zero-order valence-corrected chi connectivity index (χ0v) is 11.1. The van der Waals surface area contributed by atoms with Crippen LogP contribution in [0.25, 0.3) is 0 Å². The summed E-state index contributed by atoms with van der Waals surface area (Å²) in [7, 11) is 0. The van der Waals surface area contributed by atoms with Crippen molar-refractivity contribution in [3.05, 3.63) is 29.0 Å². The van der Waals surface area contributed by atoms with E-state index in [4.69, 9.17) is 11.6 Å². The maximum Gasteiger partial charge on any atom is 0.129 e. The van der Waals surface area contributed by atoms with Crippen molar-refractivity contribution in [2.75, 3.05) is 6.54 Å². The highest BCUT2D eigenvalue weighted by molar-refractivity contribution is 6.29. The summed E-state index contributed by atoms with van der Waals surface area (Å²) in [6, 6.07) is 4.26. The molecule has 0 radical (unpaired) electrons. The van der Waals surface area contributed by atoms with Crippen molar-refractivity contribution >= 4 is 11.6 Å². The Hall–Kier alpha value is -0.600. The first kappa shape index (κ1) is 13.5. The van der Waals surface area contributed by atoms with Crippen molar-refractivity contribution < 1.29 is 0 Å². The van der Waals surface area contributed by atoms with Crippen molar-refractivity contribution in [2.45, 2.75) is 39.7 Å². The average Bonchev–Trinajstić information content (AvgIpc) is 2.24. The first-order chi connectivity index (χ1) is 7.59. The van der Waals surface area contributed by atoms with Crippen molar-refractivity contribution in [2.24, 2.45) is 5.92 Å². The van der Waals surface area contributed by atoms with Crippen LogP contribution in [0.3, 0.4) is 0 Å². The van der Waals surface area contributed by atoms with E-state index >= 15 is 0 Å². The summed E-state index contributed by atoms with van der Waals surface area (Å²) >= 11 is 5.85. The number of halogens is 1. The van der Waals surface area contributed by atoms with Crippen LogP contribution in [-0.4, -0.2) is 11.5 Å². The predicted octanol–water partition coefficient (Wildman–Crippen LogP) is 3.82. The van der Waals surface area contributed by atoms with E-state index in [2.05, 4.69) is 31.1 Å². The SMILES string of the molecule is CC(C)CCCNC(C)c1ccnc(Cl)c1. The van der Waals surface area contributed by atoms with Gasteiger partial charge in [-0.2, -0.15) is 0 Å². The lowest BCUT2D eigenvalue weighted by atomic mass is 10.1.